The van der Waals surface area contributed by atoms with Crippen LogP contribution >= 0.6 is 11.6 Å². The van der Waals surface area contributed by atoms with Crippen molar-refractivity contribution < 1.29 is 34.2 Å². The highest BCUT2D eigenvalue weighted by Gasteiger charge is 2.20. The largest absolute Gasteiger partial charge is 0.474 e. The first kappa shape index (κ1) is 17.1. The lowest BCUT2D eigenvalue weighted by Gasteiger charge is -2.12. The van der Waals surface area contributed by atoms with Crippen LogP contribution in [0.25, 0.3) is 0 Å². The summed E-state index contributed by atoms with van der Waals surface area (Å²) in [5, 5.41) is 20.6. The van der Waals surface area contributed by atoms with Crippen molar-refractivity contribution in [1.82, 2.24) is 0 Å². The molecule has 0 atom stereocenters. The number of anilines is 2. The Hall–Kier alpha value is -2.94. The van der Waals surface area contributed by atoms with Crippen LogP contribution in [0.5, 0.6) is 0 Å². The van der Waals surface area contributed by atoms with Gasteiger partial charge in [0, 0.05) is 5.56 Å². The van der Waals surface area contributed by atoms with Crippen molar-refractivity contribution in [3.63, 3.8) is 0 Å². The van der Waals surface area contributed by atoms with Gasteiger partial charge in [-0.25, -0.2) is 9.59 Å². The monoisotopic (exact) mass is 328 g/mol. The molecule has 2 amide bonds. The van der Waals surface area contributed by atoms with Crippen LogP contribution in [-0.2, 0) is 19.2 Å². The fraction of sp³-hybridized carbons (Fsp3) is 0.0833. The number of amides is 2. The van der Waals surface area contributed by atoms with E-state index in [4.69, 9.17) is 21.8 Å². The molecule has 1 aromatic carbocycles. The number of halogens is 1. The molecular formula is C12H9ClN2O7. The van der Waals surface area contributed by atoms with E-state index in [-0.39, 0.29) is 22.0 Å². The molecule has 0 saturated heterocycles. The minimum absolute atomic E-state index is 0.0224. The maximum absolute atomic E-state index is 11.4. The number of carbonyl (C=O) groups excluding carboxylic acids is 3. The van der Waals surface area contributed by atoms with Crippen LogP contribution in [0.15, 0.2) is 12.1 Å². The summed E-state index contributed by atoms with van der Waals surface area (Å²) in [6.07, 6.45) is 0. The van der Waals surface area contributed by atoms with Gasteiger partial charge in [0.2, 0.25) is 0 Å². The number of carbonyl (C=O) groups is 5. The first-order chi connectivity index (χ1) is 10.1. The molecule has 10 heteroatoms. The van der Waals surface area contributed by atoms with Crippen molar-refractivity contribution in [1.29, 1.82) is 0 Å². The van der Waals surface area contributed by atoms with E-state index in [0.717, 1.165) is 12.1 Å². The second-order valence-electron chi connectivity index (χ2n) is 3.96. The van der Waals surface area contributed by atoms with Crippen LogP contribution in [0.1, 0.15) is 17.3 Å². The number of aliphatic carboxylic acids is 2. The zero-order valence-electron chi connectivity index (χ0n) is 11.0. The SMILES string of the molecule is CC(=O)c1cc(NC(=O)C(=O)O)c(Cl)c(NC(=O)C(=O)O)c1. The quantitative estimate of drug-likeness (QED) is 0.468. The van der Waals surface area contributed by atoms with Gasteiger partial charge in [-0.05, 0) is 19.1 Å². The molecule has 0 saturated carbocycles. The smallest absolute Gasteiger partial charge is 0.394 e. The third-order valence-corrected chi connectivity index (χ3v) is 2.77. The number of carboxylic acids is 2. The highest BCUT2D eigenvalue weighted by Crippen LogP contribution is 2.32. The molecule has 0 heterocycles. The minimum atomic E-state index is -1.79. The van der Waals surface area contributed by atoms with E-state index in [1.165, 1.54) is 6.92 Å². The van der Waals surface area contributed by atoms with Crippen molar-refractivity contribution in [3.05, 3.63) is 22.7 Å². The van der Waals surface area contributed by atoms with Gasteiger partial charge in [-0.2, -0.15) is 0 Å². The first-order valence-electron chi connectivity index (χ1n) is 5.56. The number of benzene rings is 1. The van der Waals surface area contributed by atoms with Gasteiger partial charge < -0.3 is 20.8 Å². The highest BCUT2D eigenvalue weighted by molar-refractivity contribution is 6.42. The van der Waals surface area contributed by atoms with Crippen molar-refractivity contribution in [3.8, 4) is 0 Å². The van der Waals surface area contributed by atoms with Crippen LogP contribution in [0.3, 0.4) is 0 Å². The fourth-order valence-corrected chi connectivity index (χ4v) is 1.56. The number of hydrogen-bond donors (Lipinski definition) is 4. The fourth-order valence-electron chi connectivity index (χ4n) is 1.36. The molecule has 9 nitrogen and oxygen atoms in total. The molecule has 1 aromatic rings. The maximum Gasteiger partial charge on any atom is 0.394 e. The van der Waals surface area contributed by atoms with Crippen LogP contribution < -0.4 is 10.6 Å². The van der Waals surface area contributed by atoms with Gasteiger partial charge in [-0.15, -0.1) is 0 Å². The molecule has 116 valence electrons. The zero-order valence-corrected chi connectivity index (χ0v) is 11.7. The summed E-state index contributed by atoms with van der Waals surface area (Å²) in [7, 11) is 0. The molecule has 0 spiro atoms. The van der Waals surface area contributed by atoms with Gasteiger partial charge >= 0.3 is 23.8 Å². The Bertz CT molecular complexity index is 650. The summed E-state index contributed by atoms with van der Waals surface area (Å²) in [4.78, 5) is 54.7. The lowest BCUT2D eigenvalue weighted by Crippen LogP contribution is -2.24. The van der Waals surface area contributed by atoms with Gasteiger partial charge in [0.1, 0.15) is 0 Å². The maximum atomic E-state index is 11.4. The van der Waals surface area contributed by atoms with Crippen molar-refractivity contribution in [2.75, 3.05) is 10.6 Å². The number of Topliss-reactive ketones (excluding diaryl/α,β-unsaturated/α-hetero) is 1. The number of hydrogen-bond acceptors (Lipinski definition) is 5. The number of carboxylic acid groups (broad SMARTS) is 2. The van der Waals surface area contributed by atoms with E-state index in [2.05, 4.69) is 0 Å². The Morgan fingerprint density at radius 2 is 1.27 bits per heavy atom. The summed E-state index contributed by atoms with van der Waals surface area (Å²) in [6, 6.07) is 2.20. The van der Waals surface area contributed by atoms with E-state index < -0.39 is 29.5 Å². The summed E-state index contributed by atoms with van der Waals surface area (Å²) in [5.41, 5.74) is -0.546. The zero-order chi connectivity index (χ0) is 17.0. The molecule has 0 radical (unpaired) electrons. The number of rotatable bonds is 3. The van der Waals surface area contributed by atoms with Crippen LogP contribution in [-0.4, -0.2) is 39.7 Å². The molecule has 1 rings (SSSR count). The van der Waals surface area contributed by atoms with Gasteiger partial charge in [0.05, 0.1) is 16.4 Å². The molecule has 0 unspecified atom stereocenters. The van der Waals surface area contributed by atoms with E-state index >= 15 is 0 Å². The predicted molar refractivity (Wildman–Crippen MR) is 74.0 cm³/mol. The molecule has 0 aliphatic rings. The second-order valence-corrected chi connectivity index (χ2v) is 4.34. The third-order valence-electron chi connectivity index (χ3n) is 2.36. The predicted octanol–water partition coefficient (Wildman–Crippen LogP) is 0.589. The van der Waals surface area contributed by atoms with Gasteiger partial charge in [0.25, 0.3) is 0 Å². The molecule has 4 N–H and O–H groups in total. The Kier molecular flexibility index (Phi) is 5.19. The molecule has 0 aliphatic carbocycles. The van der Waals surface area contributed by atoms with E-state index in [9.17, 15) is 24.0 Å². The Labute approximate surface area is 127 Å². The van der Waals surface area contributed by atoms with Gasteiger partial charge in [0.15, 0.2) is 5.78 Å². The van der Waals surface area contributed by atoms with E-state index in [1.54, 1.807) is 0 Å². The van der Waals surface area contributed by atoms with Crippen LogP contribution in [0.4, 0.5) is 11.4 Å². The average molecular weight is 329 g/mol. The topological polar surface area (TPSA) is 150 Å². The lowest BCUT2D eigenvalue weighted by atomic mass is 10.1. The van der Waals surface area contributed by atoms with Crippen LogP contribution in [0.2, 0.25) is 5.02 Å². The number of ketones is 1. The summed E-state index contributed by atoms with van der Waals surface area (Å²) >= 11 is 5.86. The standard InChI is InChI=1S/C12H9ClN2O7/c1-4(16)5-2-6(14-9(17)11(19)20)8(13)7(3-5)15-10(18)12(21)22/h2-3H,1H3,(H,14,17)(H,15,18)(H,19,20)(H,21,22). The van der Waals surface area contributed by atoms with Crippen molar-refractivity contribution in [2.24, 2.45) is 0 Å². The molecule has 0 fully saturated rings. The van der Waals surface area contributed by atoms with Crippen molar-refractivity contribution in [2.45, 2.75) is 6.92 Å². The molecule has 0 bridgehead atoms. The lowest BCUT2D eigenvalue weighted by molar-refractivity contribution is -0.147. The Morgan fingerprint density at radius 1 is 0.909 bits per heavy atom. The summed E-state index contributed by atoms with van der Waals surface area (Å²) < 4.78 is 0. The minimum Gasteiger partial charge on any atom is -0.474 e. The molecular weight excluding hydrogens is 320 g/mol. The molecule has 22 heavy (non-hydrogen) atoms. The van der Waals surface area contributed by atoms with E-state index in [0.29, 0.717) is 0 Å². The molecule has 0 aromatic heterocycles. The summed E-state index contributed by atoms with van der Waals surface area (Å²) in [6.45, 7) is 1.18. The Morgan fingerprint density at radius 3 is 1.55 bits per heavy atom. The van der Waals surface area contributed by atoms with Gasteiger partial charge in [-0.1, -0.05) is 11.6 Å². The number of nitrogens with one attached hydrogen (secondary N) is 2. The normalized spacial score (nSPS) is 9.73. The summed E-state index contributed by atoms with van der Waals surface area (Å²) in [5.74, 6) is -6.90. The van der Waals surface area contributed by atoms with Crippen molar-refractivity contribution >= 4 is 52.5 Å². The molecule has 0 aliphatic heterocycles. The van der Waals surface area contributed by atoms with E-state index in [1.807, 2.05) is 10.6 Å². The third kappa shape index (κ3) is 4.03. The highest BCUT2D eigenvalue weighted by atomic mass is 35.5. The Balaban J connectivity index is 3.32. The van der Waals surface area contributed by atoms with Gasteiger partial charge in [-0.3, -0.25) is 14.4 Å². The van der Waals surface area contributed by atoms with Crippen LogP contribution in [0, 0.1) is 0 Å². The first-order valence-corrected chi connectivity index (χ1v) is 5.94. The second kappa shape index (κ2) is 6.68. The average Bonchev–Trinajstić information content (AvgIpc) is 2.42.